The second-order valence-electron chi connectivity index (χ2n) is 2.36. The van der Waals surface area contributed by atoms with Gasteiger partial charge in [-0.05, 0) is 29.8 Å². The van der Waals surface area contributed by atoms with Gasteiger partial charge in [-0.3, -0.25) is 0 Å². The predicted octanol–water partition coefficient (Wildman–Crippen LogP) is 0.949. The minimum Gasteiger partial charge on any atom is -0.545 e. The van der Waals surface area contributed by atoms with Crippen molar-refractivity contribution in [3.63, 3.8) is 0 Å². The van der Waals surface area contributed by atoms with E-state index in [0.29, 0.717) is 0 Å². The number of halogens is 3. The molecule has 0 spiro atoms. The molecule has 0 fully saturated rings. The number of rotatable bonds is 2. The van der Waals surface area contributed by atoms with Crippen molar-refractivity contribution in [2.24, 2.45) is 0 Å². The normalized spacial score (nSPS) is 11.1. The standard InChI is InChI=1S/C8H5F3O3/c9-8(10,11)14-6-3-1-5(2-4-6)7(12)13/h1-4H,(H,12,13)/p-1. The fourth-order valence-corrected chi connectivity index (χ4v) is 0.793. The van der Waals surface area contributed by atoms with Gasteiger partial charge in [0.2, 0.25) is 0 Å². The molecule has 0 aliphatic carbocycles. The molecule has 6 heteroatoms. The van der Waals surface area contributed by atoms with Gasteiger partial charge in [-0.2, -0.15) is 0 Å². The zero-order valence-corrected chi connectivity index (χ0v) is 6.67. The summed E-state index contributed by atoms with van der Waals surface area (Å²) in [6, 6.07) is 3.74. The molecule has 0 heterocycles. The summed E-state index contributed by atoms with van der Waals surface area (Å²) in [4.78, 5) is 10.2. The minimum absolute atomic E-state index is 0.209. The van der Waals surface area contributed by atoms with E-state index in [1.807, 2.05) is 0 Å². The molecule has 0 N–H and O–H groups in total. The second kappa shape index (κ2) is 3.57. The first-order valence-corrected chi connectivity index (χ1v) is 3.45. The van der Waals surface area contributed by atoms with Crippen LogP contribution >= 0.6 is 0 Å². The van der Waals surface area contributed by atoms with Crippen LogP contribution in [0, 0.1) is 0 Å². The van der Waals surface area contributed by atoms with Gasteiger partial charge in [0.1, 0.15) is 5.75 Å². The fraction of sp³-hybridized carbons (Fsp3) is 0.125. The van der Waals surface area contributed by atoms with Crippen LogP contribution < -0.4 is 9.84 Å². The first kappa shape index (κ1) is 10.4. The smallest absolute Gasteiger partial charge is 0.545 e. The van der Waals surface area contributed by atoms with Gasteiger partial charge in [0.15, 0.2) is 0 Å². The van der Waals surface area contributed by atoms with E-state index < -0.39 is 18.1 Å². The molecule has 0 radical (unpaired) electrons. The molecule has 0 bridgehead atoms. The Morgan fingerprint density at radius 3 is 2.07 bits per heavy atom. The van der Waals surface area contributed by atoms with Crippen molar-refractivity contribution in [2.75, 3.05) is 0 Å². The van der Waals surface area contributed by atoms with Crippen molar-refractivity contribution >= 4 is 5.97 Å². The number of aromatic carboxylic acids is 1. The third-order valence-corrected chi connectivity index (χ3v) is 1.32. The van der Waals surface area contributed by atoms with E-state index in [4.69, 9.17) is 0 Å². The topological polar surface area (TPSA) is 49.4 Å². The molecule has 0 saturated heterocycles. The van der Waals surface area contributed by atoms with Crippen molar-refractivity contribution in [1.82, 2.24) is 0 Å². The molecule has 0 atom stereocenters. The number of carboxylic acid groups (broad SMARTS) is 1. The molecular weight excluding hydrogens is 201 g/mol. The number of alkyl halides is 3. The van der Waals surface area contributed by atoms with Gasteiger partial charge in [-0.25, -0.2) is 0 Å². The summed E-state index contributed by atoms with van der Waals surface area (Å²) in [5, 5.41) is 10.2. The van der Waals surface area contributed by atoms with Crippen LogP contribution in [0.1, 0.15) is 10.4 Å². The van der Waals surface area contributed by atoms with Crippen LogP contribution in [0.4, 0.5) is 13.2 Å². The summed E-state index contributed by atoms with van der Waals surface area (Å²) in [6.07, 6.45) is -4.77. The maximum absolute atomic E-state index is 11.6. The van der Waals surface area contributed by atoms with E-state index in [9.17, 15) is 23.1 Å². The third kappa shape index (κ3) is 2.96. The van der Waals surface area contributed by atoms with E-state index >= 15 is 0 Å². The SMILES string of the molecule is O=C([O-])c1ccc(OC(F)(F)F)cc1. The van der Waals surface area contributed by atoms with Crippen LogP contribution in [0.3, 0.4) is 0 Å². The van der Waals surface area contributed by atoms with Crippen molar-refractivity contribution < 1.29 is 27.8 Å². The van der Waals surface area contributed by atoms with Crippen LogP contribution in [0.2, 0.25) is 0 Å². The summed E-state index contributed by atoms with van der Waals surface area (Å²) >= 11 is 0. The lowest BCUT2D eigenvalue weighted by Crippen LogP contribution is -2.22. The first-order chi connectivity index (χ1) is 6.38. The van der Waals surface area contributed by atoms with Crippen molar-refractivity contribution in [2.45, 2.75) is 6.36 Å². The Balaban J connectivity index is 2.79. The van der Waals surface area contributed by atoms with Crippen molar-refractivity contribution in [3.8, 4) is 5.75 Å². The van der Waals surface area contributed by atoms with E-state index in [0.717, 1.165) is 24.3 Å². The lowest BCUT2D eigenvalue weighted by atomic mass is 10.2. The molecule has 1 aromatic carbocycles. The Morgan fingerprint density at radius 2 is 1.71 bits per heavy atom. The Labute approximate surface area is 76.7 Å². The predicted molar refractivity (Wildman–Crippen MR) is 37.5 cm³/mol. The molecule has 0 aliphatic heterocycles. The zero-order chi connectivity index (χ0) is 10.8. The summed E-state index contributed by atoms with van der Waals surface area (Å²) in [7, 11) is 0. The summed E-state index contributed by atoms with van der Waals surface area (Å²) in [6.45, 7) is 0. The highest BCUT2D eigenvalue weighted by molar-refractivity contribution is 5.85. The molecule has 0 saturated carbocycles. The average molecular weight is 205 g/mol. The van der Waals surface area contributed by atoms with E-state index in [1.165, 1.54) is 0 Å². The highest BCUT2D eigenvalue weighted by Gasteiger charge is 2.30. The number of carbonyl (C=O) groups is 1. The Morgan fingerprint density at radius 1 is 1.21 bits per heavy atom. The van der Waals surface area contributed by atoms with Crippen molar-refractivity contribution in [1.29, 1.82) is 0 Å². The molecule has 0 unspecified atom stereocenters. The minimum atomic E-state index is -4.77. The molecule has 76 valence electrons. The van der Waals surface area contributed by atoms with Crippen LogP contribution in [0.15, 0.2) is 24.3 Å². The lowest BCUT2D eigenvalue weighted by molar-refractivity contribution is -0.274. The number of hydrogen-bond donors (Lipinski definition) is 0. The summed E-state index contributed by atoms with van der Waals surface area (Å²) < 4.78 is 38.5. The Bertz CT molecular complexity index is 329. The second-order valence-corrected chi connectivity index (χ2v) is 2.36. The van der Waals surface area contributed by atoms with Gasteiger partial charge in [0, 0.05) is 0 Å². The average Bonchev–Trinajstić information content (AvgIpc) is 2.02. The highest BCUT2D eigenvalue weighted by atomic mass is 19.4. The number of carboxylic acids is 1. The molecule has 3 nitrogen and oxygen atoms in total. The van der Waals surface area contributed by atoms with Gasteiger partial charge in [-0.15, -0.1) is 13.2 Å². The van der Waals surface area contributed by atoms with E-state index in [2.05, 4.69) is 4.74 Å². The molecule has 0 aliphatic rings. The maximum Gasteiger partial charge on any atom is 0.573 e. The zero-order valence-electron chi connectivity index (χ0n) is 6.67. The van der Waals surface area contributed by atoms with E-state index in [1.54, 1.807) is 0 Å². The monoisotopic (exact) mass is 205 g/mol. The fourth-order valence-electron chi connectivity index (χ4n) is 0.793. The summed E-state index contributed by atoms with van der Waals surface area (Å²) in [5.41, 5.74) is -0.209. The van der Waals surface area contributed by atoms with Gasteiger partial charge in [0.05, 0.1) is 5.97 Å². The quantitative estimate of drug-likeness (QED) is 0.722. The van der Waals surface area contributed by atoms with Crippen LogP contribution in [0.5, 0.6) is 5.75 Å². The number of carbonyl (C=O) groups excluding carboxylic acids is 1. The number of benzene rings is 1. The van der Waals surface area contributed by atoms with Gasteiger partial charge < -0.3 is 14.6 Å². The van der Waals surface area contributed by atoms with E-state index in [-0.39, 0.29) is 5.56 Å². The van der Waals surface area contributed by atoms with Gasteiger partial charge in [0.25, 0.3) is 0 Å². The maximum atomic E-state index is 11.6. The number of hydrogen-bond acceptors (Lipinski definition) is 3. The summed E-state index contributed by atoms with van der Waals surface area (Å²) in [5.74, 6) is -1.92. The lowest BCUT2D eigenvalue weighted by Gasteiger charge is -2.09. The number of ether oxygens (including phenoxy) is 1. The van der Waals surface area contributed by atoms with Crippen LogP contribution in [-0.4, -0.2) is 12.3 Å². The Hall–Kier alpha value is -1.72. The molecule has 0 aromatic heterocycles. The molecule has 1 aromatic rings. The molecule has 14 heavy (non-hydrogen) atoms. The van der Waals surface area contributed by atoms with Crippen LogP contribution in [-0.2, 0) is 0 Å². The van der Waals surface area contributed by atoms with Gasteiger partial charge in [-0.1, -0.05) is 0 Å². The Kier molecular flexibility index (Phi) is 2.64. The van der Waals surface area contributed by atoms with Crippen molar-refractivity contribution in [3.05, 3.63) is 29.8 Å². The largest absolute Gasteiger partial charge is 0.573 e. The highest BCUT2D eigenvalue weighted by Crippen LogP contribution is 2.22. The van der Waals surface area contributed by atoms with Gasteiger partial charge >= 0.3 is 6.36 Å². The third-order valence-electron chi connectivity index (χ3n) is 1.32. The molecular formula is C8H4F3O3-. The van der Waals surface area contributed by atoms with Crippen LogP contribution in [0.25, 0.3) is 0 Å². The first-order valence-electron chi connectivity index (χ1n) is 3.45. The molecule has 0 amide bonds. The molecule has 1 rings (SSSR count).